The summed E-state index contributed by atoms with van der Waals surface area (Å²) in [4.78, 5) is 16.2. The van der Waals surface area contributed by atoms with E-state index in [9.17, 15) is 13.2 Å². The Hall–Kier alpha value is -2.41. The minimum atomic E-state index is -3.56. The lowest BCUT2D eigenvalue weighted by molar-refractivity contribution is -0.119. The van der Waals surface area contributed by atoms with Crippen molar-refractivity contribution in [2.24, 2.45) is 0 Å². The highest BCUT2D eigenvalue weighted by atomic mass is 32.2. The fourth-order valence-electron chi connectivity index (χ4n) is 2.18. The maximum Gasteiger partial charge on any atom is 0.241 e. The number of nitrogens with zero attached hydrogens (tertiary/aromatic N) is 2. The highest BCUT2D eigenvalue weighted by molar-refractivity contribution is 7.92. The molecule has 2 aromatic rings. The lowest BCUT2D eigenvalue weighted by atomic mass is 10.1. The molecule has 0 aliphatic carbocycles. The summed E-state index contributed by atoms with van der Waals surface area (Å²) < 4.78 is 25.2. The molecule has 6 nitrogen and oxygen atoms in total. The first-order valence-electron chi connectivity index (χ1n) is 7.63. The van der Waals surface area contributed by atoms with Crippen molar-refractivity contribution in [3.63, 3.8) is 0 Å². The number of carbonyl (C=O) groups is 1. The van der Waals surface area contributed by atoms with Crippen LogP contribution in [0.1, 0.15) is 18.2 Å². The van der Waals surface area contributed by atoms with E-state index in [0.29, 0.717) is 11.4 Å². The number of carbonyl (C=O) groups excluding carboxylic acids is 1. The SMILES string of the molecule is CCc1ccc(N(CC(=O)NCc2ccccn2)S(C)(=O)=O)cc1. The molecule has 0 bridgehead atoms. The molecule has 0 unspecified atom stereocenters. The molecule has 24 heavy (non-hydrogen) atoms. The summed E-state index contributed by atoms with van der Waals surface area (Å²) in [5.74, 6) is -0.384. The highest BCUT2D eigenvalue weighted by Gasteiger charge is 2.20. The van der Waals surface area contributed by atoms with Gasteiger partial charge in [-0.2, -0.15) is 0 Å². The van der Waals surface area contributed by atoms with E-state index in [0.717, 1.165) is 22.5 Å². The molecule has 0 aliphatic rings. The summed E-state index contributed by atoms with van der Waals surface area (Å²) in [5.41, 5.74) is 2.29. The molecule has 7 heteroatoms. The van der Waals surface area contributed by atoms with Crippen molar-refractivity contribution in [1.82, 2.24) is 10.3 Å². The molecule has 0 saturated heterocycles. The highest BCUT2D eigenvalue weighted by Crippen LogP contribution is 2.18. The molecule has 0 saturated carbocycles. The van der Waals surface area contributed by atoms with Crippen molar-refractivity contribution < 1.29 is 13.2 Å². The van der Waals surface area contributed by atoms with E-state index in [1.54, 1.807) is 30.5 Å². The first kappa shape index (κ1) is 17.9. The number of aromatic nitrogens is 1. The minimum Gasteiger partial charge on any atom is -0.349 e. The Kier molecular flexibility index (Phi) is 5.92. The molecule has 0 radical (unpaired) electrons. The van der Waals surface area contributed by atoms with Crippen LogP contribution in [0.15, 0.2) is 48.7 Å². The zero-order valence-electron chi connectivity index (χ0n) is 13.8. The number of hydrogen-bond acceptors (Lipinski definition) is 4. The topological polar surface area (TPSA) is 79.4 Å². The Bertz CT molecular complexity index is 774. The number of nitrogens with one attached hydrogen (secondary N) is 1. The van der Waals surface area contributed by atoms with Gasteiger partial charge in [-0.25, -0.2) is 8.42 Å². The van der Waals surface area contributed by atoms with Crippen molar-refractivity contribution in [3.05, 3.63) is 59.9 Å². The molecule has 128 valence electrons. The lowest BCUT2D eigenvalue weighted by Gasteiger charge is -2.22. The van der Waals surface area contributed by atoms with Gasteiger partial charge in [0.05, 0.1) is 24.2 Å². The predicted octanol–water partition coefficient (Wildman–Crippen LogP) is 1.73. The van der Waals surface area contributed by atoms with E-state index in [-0.39, 0.29) is 19.0 Å². The number of aryl methyl sites for hydroxylation is 1. The van der Waals surface area contributed by atoms with E-state index in [1.807, 2.05) is 25.1 Å². The monoisotopic (exact) mass is 347 g/mol. The van der Waals surface area contributed by atoms with Crippen LogP contribution < -0.4 is 9.62 Å². The molecule has 0 fully saturated rings. The van der Waals surface area contributed by atoms with Crippen molar-refractivity contribution >= 4 is 21.6 Å². The van der Waals surface area contributed by atoms with Gasteiger partial charge in [0.15, 0.2) is 0 Å². The predicted molar refractivity (Wildman–Crippen MR) is 94.1 cm³/mol. The Labute approximate surface area is 142 Å². The van der Waals surface area contributed by atoms with Gasteiger partial charge in [-0.3, -0.25) is 14.1 Å². The van der Waals surface area contributed by atoms with Crippen molar-refractivity contribution in [1.29, 1.82) is 0 Å². The van der Waals surface area contributed by atoms with Gasteiger partial charge in [0.25, 0.3) is 0 Å². The number of benzene rings is 1. The van der Waals surface area contributed by atoms with Gasteiger partial charge < -0.3 is 5.32 Å². The molecule has 1 heterocycles. The average Bonchev–Trinajstić information content (AvgIpc) is 2.58. The van der Waals surface area contributed by atoms with Crippen LogP contribution >= 0.6 is 0 Å². The third-order valence-corrected chi connectivity index (χ3v) is 4.65. The van der Waals surface area contributed by atoms with Crippen molar-refractivity contribution in [3.8, 4) is 0 Å². The fraction of sp³-hybridized carbons (Fsp3) is 0.294. The van der Waals surface area contributed by atoms with Crippen LogP contribution in [0.2, 0.25) is 0 Å². The Balaban J connectivity index is 2.07. The van der Waals surface area contributed by atoms with Crippen LogP contribution in [-0.4, -0.2) is 32.1 Å². The molecule has 2 rings (SSSR count). The van der Waals surface area contributed by atoms with E-state index >= 15 is 0 Å². The van der Waals surface area contributed by atoms with Gasteiger partial charge in [-0.05, 0) is 36.2 Å². The number of sulfonamides is 1. The fourth-order valence-corrected chi connectivity index (χ4v) is 3.03. The second-order valence-corrected chi connectivity index (χ2v) is 7.29. The quantitative estimate of drug-likeness (QED) is 0.827. The molecule has 0 aliphatic heterocycles. The second kappa shape index (κ2) is 7.92. The normalized spacial score (nSPS) is 11.1. The van der Waals surface area contributed by atoms with E-state index in [4.69, 9.17) is 0 Å². The third-order valence-electron chi connectivity index (χ3n) is 3.51. The molecule has 1 amide bonds. The summed E-state index contributed by atoms with van der Waals surface area (Å²) in [5, 5.41) is 2.69. The number of rotatable bonds is 7. The Morgan fingerprint density at radius 2 is 1.88 bits per heavy atom. The second-order valence-electron chi connectivity index (χ2n) is 5.39. The molecular weight excluding hydrogens is 326 g/mol. The zero-order chi connectivity index (χ0) is 17.6. The summed E-state index contributed by atoms with van der Waals surface area (Å²) in [6, 6.07) is 12.6. The number of hydrogen-bond donors (Lipinski definition) is 1. The smallest absolute Gasteiger partial charge is 0.241 e. The number of pyridine rings is 1. The summed E-state index contributed by atoms with van der Waals surface area (Å²) in [6.45, 7) is 2.01. The number of anilines is 1. The average molecular weight is 347 g/mol. The largest absolute Gasteiger partial charge is 0.349 e. The first-order chi connectivity index (χ1) is 11.4. The molecule has 1 aromatic heterocycles. The summed E-state index contributed by atoms with van der Waals surface area (Å²) >= 11 is 0. The maximum absolute atomic E-state index is 12.1. The van der Waals surface area contributed by atoms with Crippen LogP contribution in [0, 0.1) is 0 Å². The van der Waals surface area contributed by atoms with Crippen LogP contribution in [0.25, 0.3) is 0 Å². The first-order valence-corrected chi connectivity index (χ1v) is 9.48. The third kappa shape index (κ3) is 5.06. The standard InChI is InChI=1S/C17H21N3O3S/c1-3-14-7-9-16(10-8-14)20(24(2,22)23)13-17(21)19-12-15-6-4-5-11-18-15/h4-11H,3,12-13H2,1-2H3,(H,19,21). The van der Waals surface area contributed by atoms with Crippen molar-refractivity contribution in [2.45, 2.75) is 19.9 Å². The molecule has 0 spiro atoms. The number of amides is 1. The van der Waals surface area contributed by atoms with E-state index in [1.165, 1.54) is 0 Å². The van der Waals surface area contributed by atoms with E-state index < -0.39 is 10.0 Å². The molecule has 1 aromatic carbocycles. The molecule has 0 atom stereocenters. The van der Waals surface area contributed by atoms with Gasteiger partial charge in [0, 0.05) is 6.20 Å². The van der Waals surface area contributed by atoms with Gasteiger partial charge in [0.1, 0.15) is 6.54 Å². The minimum absolute atomic E-state index is 0.256. The van der Waals surface area contributed by atoms with Gasteiger partial charge in [-0.1, -0.05) is 25.1 Å². The lowest BCUT2D eigenvalue weighted by Crippen LogP contribution is -2.40. The van der Waals surface area contributed by atoms with Gasteiger partial charge in [-0.15, -0.1) is 0 Å². The van der Waals surface area contributed by atoms with Crippen molar-refractivity contribution in [2.75, 3.05) is 17.1 Å². The Morgan fingerprint density at radius 1 is 1.17 bits per heavy atom. The summed E-state index contributed by atoms with van der Waals surface area (Å²) in [7, 11) is -3.56. The van der Waals surface area contributed by atoms with Crippen LogP contribution in [0.5, 0.6) is 0 Å². The zero-order valence-corrected chi connectivity index (χ0v) is 14.6. The van der Waals surface area contributed by atoms with Gasteiger partial charge >= 0.3 is 0 Å². The van der Waals surface area contributed by atoms with Crippen LogP contribution in [-0.2, 0) is 27.8 Å². The van der Waals surface area contributed by atoms with Crippen LogP contribution in [0.3, 0.4) is 0 Å². The molecular formula is C17H21N3O3S. The Morgan fingerprint density at radius 3 is 2.42 bits per heavy atom. The molecule has 1 N–H and O–H groups in total. The van der Waals surface area contributed by atoms with Crippen LogP contribution in [0.4, 0.5) is 5.69 Å². The van der Waals surface area contributed by atoms with Gasteiger partial charge in [0.2, 0.25) is 15.9 Å². The maximum atomic E-state index is 12.1. The van der Waals surface area contributed by atoms with E-state index in [2.05, 4.69) is 10.3 Å². The summed E-state index contributed by atoms with van der Waals surface area (Å²) in [6.07, 6.45) is 3.59.